The standard InChI is InChI=1S/C14H15BrN2O/c15-11-3-6-13(16)14(9-11)17-8-7-10-1-4-12(18)5-2-10/h1-6,9,17-18H,7-8,16H2. The summed E-state index contributed by atoms with van der Waals surface area (Å²) in [5.41, 5.74) is 8.72. The molecule has 4 heteroatoms. The van der Waals surface area contributed by atoms with E-state index in [-0.39, 0.29) is 0 Å². The van der Waals surface area contributed by atoms with Crippen molar-refractivity contribution in [3.8, 4) is 5.75 Å². The van der Waals surface area contributed by atoms with Crippen LogP contribution in [0.5, 0.6) is 5.75 Å². The van der Waals surface area contributed by atoms with Crippen molar-refractivity contribution in [2.45, 2.75) is 6.42 Å². The molecule has 0 saturated carbocycles. The number of benzene rings is 2. The number of hydrogen-bond donors (Lipinski definition) is 3. The molecule has 3 nitrogen and oxygen atoms in total. The van der Waals surface area contributed by atoms with Crippen LogP contribution in [0.1, 0.15) is 5.56 Å². The summed E-state index contributed by atoms with van der Waals surface area (Å²) in [6, 6.07) is 13.0. The number of nitrogens with one attached hydrogen (secondary N) is 1. The zero-order valence-corrected chi connectivity index (χ0v) is 11.4. The highest BCUT2D eigenvalue weighted by Gasteiger charge is 1.99. The van der Waals surface area contributed by atoms with Crippen LogP contribution in [-0.2, 0) is 6.42 Å². The van der Waals surface area contributed by atoms with Gasteiger partial charge in [0.1, 0.15) is 5.75 Å². The maximum atomic E-state index is 9.19. The maximum absolute atomic E-state index is 9.19. The second-order valence-corrected chi connectivity index (χ2v) is 4.99. The normalized spacial score (nSPS) is 10.3. The highest BCUT2D eigenvalue weighted by atomic mass is 79.9. The lowest BCUT2D eigenvalue weighted by Crippen LogP contribution is -2.06. The van der Waals surface area contributed by atoms with Crippen LogP contribution in [0.3, 0.4) is 0 Å². The average molecular weight is 307 g/mol. The predicted molar refractivity (Wildman–Crippen MR) is 78.9 cm³/mol. The Morgan fingerprint density at radius 1 is 1.11 bits per heavy atom. The summed E-state index contributed by atoms with van der Waals surface area (Å²) in [6.45, 7) is 0.797. The number of phenolic OH excluding ortho intramolecular Hbond substituents is 1. The molecule has 0 aliphatic heterocycles. The minimum Gasteiger partial charge on any atom is -0.508 e. The Morgan fingerprint density at radius 3 is 2.56 bits per heavy atom. The van der Waals surface area contributed by atoms with Crippen LogP contribution < -0.4 is 11.1 Å². The number of halogens is 1. The summed E-state index contributed by atoms with van der Waals surface area (Å²) >= 11 is 3.42. The molecule has 0 fully saturated rings. The number of anilines is 2. The van der Waals surface area contributed by atoms with Gasteiger partial charge in [-0.2, -0.15) is 0 Å². The summed E-state index contributed by atoms with van der Waals surface area (Å²) < 4.78 is 1.00. The molecular formula is C14H15BrN2O. The topological polar surface area (TPSA) is 58.3 Å². The minimum absolute atomic E-state index is 0.294. The molecule has 0 spiro atoms. The van der Waals surface area contributed by atoms with Gasteiger partial charge in [0, 0.05) is 11.0 Å². The molecule has 18 heavy (non-hydrogen) atoms. The van der Waals surface area contributed by atoms with E-state index in [4.69, 9.17) is 5.73 Å². The van der Waals surface area contributed by atoms with Gasteiger partial charge in [-0.15, -0.1) is 0 Å². The molecule has 0 amide bonds. The van der Waals surface area contributed by atoms with Gasteiger partial charge < -0.3 is 16.2 Å². The van der Waals surface area contributed by atoms with Crippen LogP contribution in [0.4, 0.5) is 11.4 Å². The first-order chi connectivity index (χ1) is 8.65. The van der Waals surface area contributed by atoms with E-state index in [0.717, 1.165) is 28.8 Å². The van der Waals surface area contributed by atoms with Crippen molar-refractivity contribution < 1.29 is 5.11 Å². The Morgan fingerprint density at radius 2 is 1.83 bits per heavy atom. The summed E-state index contributed by atoms with van der Waals surface area (Å²) in [7, 11) is 0. The summed E-state index contributed by atoms with van der Waals surface area (Å²) in [6.07, 6.45) is 0.881. The Hall–Kier alpha value is -1.68. The molecule has 2 rings (SSSR count). The fourth-order valence-electron chi connectivity index (χ4n) is 1.69. The Balaban J connectivity index is 1.92. The second-order valence-electron chi connectivity index (χ2n) is 4.07. The molecule has 2 aromatic rings. The fourth-order valence-corrected chi connectivity index (χ4v) is 2.05. The average Bonchev–Trinajstić information content (AvgIpc) is 2.36. The van der Waals surface area contributed by atoms with E-state index in [2.05, 4.69) is 21.2 Å². The first kappa shape index (κ1) is 12.8. The van der Waals surface area contributed by atoms with E-state index in [0.29, 0.717) is 5.75 Å². The van der Waals surface area contributed by atoms with Crippen molar-refractivity contribution >= 4 is 27.3 Å². The second kappa shape index (κ2) is 5.78. The van der Waals surface area contributed by atoms with E-state index >= 15 is 0 Å². The third kappa shape index (κ3) is 3.40. The molecule has 0 saturated heterocycles. The first-order valence-corrected chi connectivity index (χ1v) is 6.51. The van der Waals surface area contributed by atoms with Crippen molar-refractivity contribution in [2.24, 2.45) is 0 Å². The molecule has 2 aromatic carbocycles. The highest BCUT2D eigenvalue weighted by molar-refractivity contribution is 9.10. The van der Waals surface area contributed by atoms with E-state index in [9.17, 15) is 5.11 Å². The third-order valence-corrected chi connectivity index (χ3v) is 3.17. The molecule has 0 unspecified atom stereocenters. The van der Waals surface area contributed by atoms with E-state index in [1.165, 1.54) is 5.56 Å². The number of rotatable bonds is 4. The molecule has 0 heterocycles. The number of phenols is 1. The van der Waals surface area contributed by atoms with Crippen LogP contribution >= 0.6 is 15.9 Å². The van der Waals surface area contributed by atoms with Crippen LogP contribution in [-0.4, -0.2) is 11.7 Å². The van der Waals surface area contributed by atoms with Gasteiger partial charge in [0.05, 0.1) is 11.4 Å². The van der Waals surface area contributed by atoms with Gasteiger partial charge in [0.25, 0.3) is 0 Å². The zero-order chi connectivity index (χ0) is 13.0. The Bertz CT molecular complexity index is 526. The summed E-state index contributed by atoms with van der Waals surface area (Å²) in [5.74, 6) is 0.294. The Kier molecular flexibility index (Phi) is 4.10. The number of nitrogen functional groups attached to an aromatic ring is 1. The molecule has 94 valence electrons. The molecule has 0 aromatic heterocycles. The van der Waals surface area contributed by atoms with Gasteiger partial charge in [-0.3, -0.25) is 0 Å². The summed E-state index contributed by atoms with van der Waals surface area (Å²) in [5, 5.41) is 12.5. The van der Waals surface area contributed by atoms with Crippen LogP contribution in [0, 0.1) is 0 Å². The monoisotopic (exact) mass is 306 g/mol. The van der Waals surface area contributed by atoms with Crippen LogP contribution in [0.15, 0.2) is 46.9 Å². The smallest absolute Gasteiger partial charge is 0.115 e. The first-order valence-electron chi connectivity index (χ1n) is 5.72. The minimum atomic E-state index is 0.294. The van der Waals surface area contributed by atoms with Gasteiger partial charge in [0.2, 0.25) is 0 Å². The lowest BCUT2D eigenvalue weighted by molar-refractivity contribution is 0.475. The van der Waals surface area contributed by atoms with Crippen LogP contribution in [0.25, 0.3) is 0 Å². The quantitative estimate of drug-likeness (QED) is 0.759. The van der Waals surface area contributed by atoms with Gasteiger partial charge >= 0.3 is 0 Å². The Labute approximate surface area is 115 Å². The molecule has 0 radical (unpaired) electrons. The van der Waals surface area contributed by atoms with Crippen molar-refractivity contribution in [1.29, 1.82) is 0 Å². The van der Waals surface area contributed by atoms with Crippen molar-refractivity contribution in [1.82, 2.24) is 0 Å². The lowest BCUT2D eigenvalue weighted by Gasteiger charge is -2.09. The van der Waals surface area contributed by atoms with Crippen LogP contribution in [0.2, 0.25) is 0 Å². The van der Waals surface area contributed by atoms with E-state index in [1.54, 1.807) is 12.1 Å². The number of aromatic hydroxyl groups is 1. The maximum Gasteiger partial charge on any atom is 0.115 e. The molecular weight excluding hydrogens is 292 g/mol. The molecule has 0 aliphatic carbocycles. The SMILES string of the molecule is Nc1ccc(Br)cc1NCCc1ccc(O)cc1. The van der Waals surface area contributed by atoms with Gasteiger partial charge in [-0.05, 0) is 42.3 Å². The number of hydrogen-bond acceptors (Lipinski definition) is 3. The van der Waals surface area contributed by atoms with Gasteiger partial charge in [-0.1, -0.05) is 28.1 Å². The molecule has 4 N–H and O–H groups in total. The van der Waals surface area contributed by atoms with Crippen molar-refractivity contribution in [3.63, 3.8) is 0 Å². The summed E-state index contributed by atoms with van der Waals surface area (Å²) in [4.78, 5) is 0. The van der Waals surface area contributed by atoms with Crippen molar-refractivity contribution in [2.75, 3.05) is 17.6 Å². The molecule has 0 aliphatic rings. The third-order valence-electron chi connectivity index (χ3n) is 2.68. The van der Waals surface area contributed by atoms with Gasteiger partial charge in [-0.25, -0.2) is 0 Å². The lowest BCUT2D eigenvalue weighted by atomic mass is 10.1. The van der Waals surface area contributed by atoms with E-state index < -0.39 is 0 Å². The number of nitrogens with two attached hydrogens (primary N) is 1. The molecule has 0 atom stereocenters. The fraction of sp³-hybridized carbons (Fsp3) is 0.143. The zero-order valence-electron chi connectivity index (χ0n) is 9.86. The molecule has 0 bridgehead atoms. The van der Waals surface area contributed by atoms with Gasteiger partial charge in [0.15, 0.2) is 0 Å². The predicted octanol–water partition coefficient (Wildman–Crippen LogP) is 3.39. The van der Waals surface area contributed by atoms with Crippen molar-refractivity contribution in [3.05, 3.63) is 52.5 Å². The highest BCUT2D eigenvalue weighted by Crippen LogP contribution is 2.23. The van der Waals surface area contributed by atoms with E-state index in [1.807, 2.05) is 30.3 Å². The largest absolute Gasteiger partial charge is 0.508 e.